The lowest BCUT2D eigenvalue weighted by Gasteiger charge is -2.22. The van der Waals surface area contributed by atoms with Crippen LogP contribution in [-0.2, 0) is 9.53 Å². The van der Waals surface area contributed by atoms with Crippen LogP contribution < -0.4 is 10.1 Å². The molecule has 0 atom stereocenters. The largest absolute Gasteiger partial charge is 0.485 e. The number of hydrogen-bond acceptors (Lipinski definition) is 5. The predicted octanol–water partition coefficient (Wildman–Crippen LogP) is 1.83. The van der Waals surface area contributed by atoms with Crippen molar-refractivity contribution >= 4 is 11.7 Å². The van der Waals surface area contributed by atoms with E-state index in [9.17, 15) is 4.79 Å². The molecule has 0 aliphatic carbocycles. The smallest absolute Gasteiger partial charge is 0.350 e. The highest BCUT2D eigenvalue weighted by molar-refractivity contribution is 5.94. The van der Waals surface area contributed by atoms with Gasteiger partial charge in [-0.3, -0.25) is 0 Å². The molecule has 1 aromatic carbocycles. The molecule has 0 fully saturated rings. The Morgan fingerprint density at radius 3 is 3.06 bits per heavy atom. The lowest BCUT2D eigenvalue weighted by molar-refractivity contribution is -0.138. The fourth-order valence-corrected chi connectivity index (χ4v) is 1.62. The Hall–Kier alpha value is -2.48. The first-order chi connectivity index (χ1) is 8.76. The number of benzene rings is 1. The number of carbonyl (C=O) groups is 1. The molecule has 0 saturated carbocycles. The van der Waals surface area contributed by atoms with Crippen molar-refractivity contribution in [1.82, 2.24) is 0 Å². The number of rotatable bonds is 2. The Labute approximate surface area is 105 Å². The summed E-state index contributed by atoms with van der Waals surface area (Å²) in [5.74, 6) is 0.0629. The van der Waals surface area contributed by atoms with E-state index in [4.69, 9.17) is 14.7 Å². The summed E-state index contributed by atoms with van der Waals surface area (Å²) in [7, 11) is 0. The van der Waals surface area contributed by atoms with Crippen molar-refractivity contribution in [3.05, 3.63) is 35.5 Å². The Bertz CT molecular complexity index is 543. The monoisotopic (exact) mass is 244 g/mol. The van der Waals surface area contributed by atoms with Gasteiger partial charge in [-0.15, -0.1) is 0 Å². The Morgan fingerprint density at radius 2 is 2.33 bits per heavy atom. The van der Waals surface area contributed by atoms with Crippen LogP contribution in [0.5, 0.6) is 5.75 Å². The number of nitriles is 1. The topological polar surface area (TPSA) is 71.4 Å². The number of carbonyl (C=O) groups excluding carboxylic acids is 1. The quantitative estimate of drug-likeness (QED) is 0.488. The number of ether oxygens (including phenoxy) is 2. The van der Waals surface area contributed by atoms with Gasteiger partial charge in [0.15, 0.2) is 5.57 Å². The summed E-state index contributed by atoms with van der Waals surface area (Å²) in [5, 5.41) is 12.0. The third-order valence-corrected chi connectivity index (χ3v) is 2.44. The van der Waals surface area contributed by atoms with Gasteiger partial charge in [0.1, 0.15) is 18.4 Å². The summed E-state index contributed by atoms with van der Waals surface area (Å²) in [4.78, 5) is 11.6. The highest BCUT2D eigenvalue weighted by Gasteiger charge is 2.21. The first kappa shape index (κ1) is 12.0. The average molecular weight is 244 g/mol. The van der Waals surface area contributed by atoms with Gasteiger partial charge in [0.2, 0.25) is 0 Å². The lowest BCUT2D eigenvalue weighted by atomic mass is 10.2. The fourth-order valence-electron chi connectivity index (χ4n) is 1.62. The fraction of sp³-hybridized carbons (Fsp3) is 0.231. The van der Waals surface area contributed by atoms with Gasteiger partial charge in [0, 0.05) is 0 Å². The van der Waals surface area contributed by atoms with E-state index in [2.05, 4.69) is 5.32 Å². The van der Waals surface area contributed by atoms with Gasteiger partial charge in [0.25, 0.3) is 0 Å². The second-order valence-electron chi connectivity index (χ2n) is 3.60. The number of para-hydroxylation sites is 2. The molecule has 0 bridgehead atoms. The van der Waals surface area contributed by atoms with Crippen LogP contribution in [0.15, 0.2) is 35.5 Å². The van der Waals surface area contributed by atoms with Crippen molar-refractivity contribution in [3.63, 3.8) is 0 Å². The molecule has 1 aliphatic rings. The maximum absolute atomic E-state index is 11.6. The molecule has 1 aliphatic heterocycles. The van der Waals surface area contributed by atoms with Gasteiger partial charge in [-0.05, 0) is 19.1 Å². The van der Waals surface area contributed by atoms with Crippen molar-refractivity contribution < 1.29 is 14.3 Å². The second kappa shape index (κ2) is 5.23. The van der Waals surface area contributed by atoms with Crippen molar-refractivity contribution in [3.8, 4) is 11.8 Å². The van der Waals surface area contributed by atoms with Crippen LogP contribution in [0.1, 0.15) is 6.92 Å². The van der Waals surface area contributed by atoms with Crippen LogP contribution in [-0.4, -0.2) is 19.2 Å². The third-order valence-electron chi connectivity index (χ3n) is 2.44. The van der Waals surface area contributed by atoms with Gasteiger partial charge in [-0.1, -0.05) is 12.1 Å². The molecule has 0 radical (unpaired) electrons. The Balaban J connectivity index is 2.30. The van der Waals surface area contributed by atoms with E-state index < -0.39 is 5.97 Å². The molecule has 0 aromatic heterocycles. The van der Waals surface area contributed by atoms with Crippen LogP contribution >= 0.6 is 0 Å². The van der Waals surface area contributed by atoms with E-state index in [0.29, 0.717) is 11.4 Å². The summed E-state index contributed by atoms with van der Waals surface area (Å²) in [5.41, 5.74) is 1.11. The van der Waals surface area contributed by atoms with E-state index >= 15 is 0 Å². The molecule has 1 aromatic rings. The highest BCUT2D eigenvalue weighted by atomic mass is 16.5. The number of nitrogens with one attached hydrogen (secondary N) is 1. The first-order valence-electron chi connectivity index (χ1n) is 5.55. The average Bonchev–Trinajstić information content (AvgIpc) is 2.40. The molecule has 18 heavy (non-hydrogen) atoms. The molecule has 2 rings (SSSR count). The molecule has 1 N–H and O–H groups in total. The molecule has 92 valence electrons. The van der Waals surface area contributed by atoms with Gasteiger partial charge in [0.05, 0.1) is 18.0 Å². The summed E-state index contributed by atoms with van der Waals surface area (Å²) >= 11 is 0. The molecule has 0 amide bonds. The molecular weight excluding hydrogens is 232 g/mol. The zero-order chi connectivity index (χ0) is 13.0. The maximum Gasteiger partial charge on any atom is 0.350 e. The second-order valence-corrected chi connectivity index (χ2v) is 3.60. The SMILES string of the molecule is CCOC(=O)/C(C#N)=C1/COc2ccccc2N1. The van der Waals surface area contributed by atoms with Gasteiger partial charge >= 0.3 is 5.97 Å². The van der Waals surface area contributed by atoms with E-state index in [0.717, 1.165) is 5.69 Å². The third kappa shape index (κ3) is 2.28. The number of fused-ring (bicyclic) bond motifs is 1. The van der Waals surface area contributed by atoms with Crippen LogP contribution in [0.2, 0.25) is 0 Å². The van der Waals surface area contributed by atoms with Crippen LogP contribution in [0, 0.1) is 11.3 Å². The van der Waals surface area contributed by atoms with Crippen LogP contribution in [0.3, 0.4) is 0 Å². The minimum atomic E-state index is -0.634. The lowest BCUT2D eigenvalue weighted by Crippen LogP contribution is -2.21. The van der Waals surface area contributed by atoms with Crippen molar-refractivity contribution in [2.24, 2.45) is 0 Å². The summed E-state index contributed by atoms with van der Waals surface area (Å²) in [6, 6.07) is 9.17. The molecule has 0 unspecified atom stereocenters. The number of nitrogens with zero attached hydrogens (tertiary/aromatic N) is 1. The molecular formula is C13H12N2O3. The van der Waals surface area contributed by atoms with E-state index in [-0.39, 0.29) is 18.8 Å². The van der Waals surface area contributed by atoms with Gasteiger partial charge < -0.3 is 14.8 Å². The Kier molecular flexibility index (Phi) is 3.49. The zero-order valence-corrected chi connectivity index (χ0v) is 9.90. The van der Waals surface area contributed by atoms with E-state index in [1.54, 1.807) is 6.92 Å². The standard InChI is InChI=1S/C13H12N2O3/c1-2-17-13(16)9(7-14)11-8-18-12-6-4-3-5-10(12)15-11/h3-6,15H,2,8H2,1H3/b11-9-. The number of anilines is 1. The van der Waals surface area contributed by atoms with E-state index in [1.165, 1.54) is 0 Å². The molecule has 5 heteroatoms. The van der Waals surface area contributed by atoms with Crippen LogP contribution in [0.4, 0.5) is 5.69 Å². The van der Waals surface area contributed by atoms with Crippen molar-refractivity contribution in [1.29, 1.82) is 5.26 Å². The summed E-state index contributed by atoms with van der Waals surface area (Å²) < 4.78 is 10.3. The van der Waals surface area contributed by atoms with Gasteiger partial charge in [-0.25, -0.2) is 4.79 Å². The first-order valence-corrected chi connectivity index (χ1v) is 5.55. The summed E-state index contributed by atoms with van der Waals surface area (Å²) in [6.07, 6.45) is 0. The molecule has 0 spiro atoms. The van der Waals surface area contributed by atoms with Crippen LogP contribution in [0.25, 0.3) is 0 Å². The molecule has 0 saturated heterocycles. The minimum absolute atomic E-state index is 0.0497. The maximum atomic E-state index is 11.6. The molecule has 5 nitrogen and oxygen atoms in total. The summed E-state index contributed by atoms with van der Waals surface area (Å²) in [6.45, 7) is 2.07. The van der Waals surface area contributed by atoms with Crippen molar-refractivity contribution in [2.45, 2.75) is 6.92 Å². The highest BCUT2D eigenvalue weighted by Crippen LogP contribution is 2.30. The van der Waals surface area contributed by atoms with E-state index in [1.807, 2.05) is 30.3 Å². The van der Waals surface area contributed by atoms with Gasteiger partial charge in [-0.2, -0.15) is 5.26 Å². The molecule has 1 heterocycles. The Morgan fingerprint density at radius 1 is 1.56 bits per heavy atom. The van der Waals surface area contributed by atoms with Crippen molar-refractivity contribution in [2.75, 3.05) is 18.5 Å². The normalized spacial score (nSPS) is 15.6. The number of hydrogen-bond donors (Lipinski definition) is 1. The zero-order valence-electron chi connectivity index (χ0n) is 9.90. The predicted molar refractivity (Wildman–Crippen MR) is 64.8 cm³/mol. The minimum Gasteiger partial charge on any atom is -0.485 e. The number of esters is 1.